The first kappa shape index (κ1) is 24.9. The van der Waals surface area contributed by atoms with Gasteiger partial charge in [-0.3, -0.25) is 4.79 Å². The van der Waals surface area contributed by atoms with Crippen LogP contribution in [0, 0.1) is 20.8 Å². The summed E-state index contributed by atoms with van der Waals surface area (Å²) < 4.78 is 13.5. The van der Waals surface area contributed by atoms with Gasteiger partial charge in [0.2, 0.25) is 0 Å². The molecule has 1 aliphatic heterocycles. The lowest BCUT2D eigenvalue weighted by Crippen LogP contribution is -2.40. The van der Waals surface area contributed by atoms with Crippen LogP contribution in [0.3, 0.4) is 0 Å². The van der Waals surface area contributed by atoms with E-state index in [1.165, 1.54) is 7.11 Å². The summed E-state index contributed by atoms with van der Waals surface area (Å²) in [7, 11) is 1.50. The zero-order chi connectivity index (χ0) is 25.7. The summed E-state index contributed by atoms with van der Waals surface area (Å²) in [5.74, 6) is -1.22. The topological polar surface area (TPSA) is 81.0 Å². The second kappa shape index (κ2) is 9.13. The van der Waals surface area contributed by atoms with E-state index < -0.39 is 17.7 Å². The van der Waals surface area contributed by atoms with Gasteiger partial charge in [0.1, 0.15) is 6.61 Å². The quantitative estimate of drug-likeness (QED) is 0.529. The average molecular weight is 479 g/mol. The SMILES string of the molecule is COCC(=O)N1CCn2c(C)cc3c(-c4ccc(C)cc4)c([C@H](OC(C)(C)C)C(=O)O)c(C)c1c32. The van der Waals surface area contributed by atoms with Crippen molar-refractivity contribution in [1.29, 1.82) is 0 Å². The molecule has 0 bridgehead atoms. The number of ether oxygens (including phenoxy) is 2. The highest BCUT2D eigenvalue weighted by Crippen LogP contribution is 2.48. The maximum absolute atomic E-state index is 13.1. The van der Waals surface area contributed by atoms with E-state index in [1.54, 1.807) is 4.90 Å². The van der Waals surface area contributed by atoms with Gasteiger partial charge < -0.3 is 24.0 Å². The summed E-state index contributed by atoms with van der Waals surface area (Å²) in [6.07, 6.45) is -1.21. The predicted molar refractivity (Wildman–Crippen MR) is 137 cm³/mol. The molecule has 4 rings (SSSR count). The van der Waals surface area contributed by atoms with Crippen molar-refractivity contribution in [3.8, 4) is 11.1 Å². The Bertz CT molecular complexity index is 1300. The molecule has 35 heavy (non-hydrogen) atoms. The molecule has 1 aliphatic rings. The fourth-order valence-electron chi connectivity index (χ4n) is 5.09. The van der Waals surface area contributed by atoms with Crippen molar-refractivity contribution in [1.82, 2.24) is 4.57 Å². The summed E-state index contributed by atoms with van der Waals surface area (Å²) in [6, 6.07) is 10.2. The highest BCUT2D eigenvalue weighted by atomic mass is 16.5. The van der Waals surface area contributed by atoms with Crippen LogP contribution in [0.5, 0.6) is 0 Å². The fraction of sp³-hybridized carbons (Fsp3) is 0.429. The maximum Gasteiger partial charge on any atom is 0.337 e. The van der Waals surface area contributed by atoms with Crippen molar-refractivity contribution >= 4 is 28.5 Å². The number of rotatable bonds is 6. The van der Waals surface area contributed by atoms with Crippen LogP contribution in [-0.4, -0.2) is 47.4 Å². The number of aliphatic carboxylic acids is 1. The molecule has 1 aromatic heterocycles. The third-order valence-electron chi connectivity index (χ3n) is 6.51. The molecule has 186 valence electrons. The molecule has 0 unspecified atom stereocenters. The number of amides is 1. The van der Waals surface area contributed by atoms with E-state index >= 15 is 0 Å². The lowest BCUT2D eigenvalue weighted by molar-refractivity contribution is -0.160. The highest BCUT2D eigenvalue weighted by Gasteiger charge is 2.37. The van der Waals surface area contributed by atoms with E-state index in [1.807, 2.05) is 65.8 Å². The van der Waals surface area contributed by atoms with E-state index in [9.17, 15) is 14.7 Å². The Hall–Kier alpha value is -3.16. The van der Waals surface area contributed by atoms with E-state index in [4.69, 9.17) is 9.47 Å². The van der Waals surface area contributed by atoms with Crippen molar-refractivity contribution in [2.24, 2.45) is 0 Å². The minimum atomic E-state index is -1.21. The molecule has 0 fully saturated rings. The monoisotopic (exact) mass is 478 g/mol. The van der Waals surface area contributed by atoms with E-state index in [0.29, 0.717) is 18.7 Å². The normalized spacial score (nSPS) is 14.4. The zero-order valence-electron chi connectivity index (χ0n) is 21.6. The number of hydrogen-bond acceptors (Lipinski definition) is 4. The van der Waals surface area contributed by atoms with Crippen LogP contribution in [0.4, 0.5) is 5.69 Å². The van der Waals surface area contributed by atoms with Crippen LogP contribution >= 0.6 is 0 Å². The summed E-state index contributed by atoms with van der Waals surface area (Å²) in [5.41, 5.74) is 6.22. The van der Waals surface area contributed by atoms with Crippen LogP contribution in [0.25, 0.3) is 22.0 Å². The number of hydrogen-bond donors (Lipinski definition) is 1. The van der Waals surface area contributed by atoms with Gasteiger partial charge in [-0.1, -0.05) is 29.8 Å². The van der Waals surface area contributed by atoms with Crippen LogP contribution in [0.15, 0.2) is 30.3 Å². The third kappa shape index (κ3) is 4.46. The summed E-state index contributed by atoms with van der Waals surface area (Å²) in [4.78, 5) is 27.5. The van der Waals surface area contributed by atoms with Crippen molar-refractivity contribution in [2.45, 2.75) is 59.8 Å². The molecule has 7 heteroatoms. The minimum Gasteiger partial charge on any atom is -0.479 e. The van der Waals surface area contributed by atoms with Gasteiger partial charge in [-0.05, 0) is 64.3 Å². The van der Waals surface area contributed by atoms with Crippen molar-refractivity contribution in [2.75, 3.05) is 25.2 Å². The maximum atomic E-state index is 13.1. The molecule has 0 saturated heterocycles. The number of anilines is 1. The van der Waals surface area contributed by atoms with Crippen LogP contribution in [0.1, 0.15) is 49.3 Å². The van der Waals surface area contributed by atoms with E-state index in [0.717, 1.165) is 44.5 Å². The number of carbonyl (C=O) groups is 2. The summed E-state index contributed by atoms with van der Waals surface area (Å²) in [5, 5.41) is 11.3. The molecular formula is C28H34N2O5. The largest absolute Gasteiger partial charge is 0.479 e. The third-order valence-corrected chi connectivity index (χ3v) is 6.51. The van der Waals surface area contributed by atoms with Gasteiger partial charge in [0.25, 0.3) is 5.91 Å². The lowest BCUT2D eigenvalue weighted by atomic mass is 9.87. The first-order valence-electron chi connectivity index (χ1n) is 11.9. The number of carbonyl (C=O) groups excluding carboxylic acids is 1. The smallest absolute Gasteiger partial charge is 0.337 e. The number of aryl methyl sites for hydroxylation is 2. The molecule has 3 aromatic rings. The lowest BCUT2D eigenvalue weighted by Gasteiger charge is -2.34. The number of benzene rings is 2. The van der Waals surface area contributed by atoms with Crippen LogP contribution in [0.2, 0.25) is 0 Å². The molecule has 0 radical (unpaired) electrons. The Labute approximate surface area is 206 Å². The Kier molecular flexibility index (Phi) is 6.51. The van der Waals surface area contributed by atoms with Gasteiger partial charge in [-0.2, -0.15) is 0 Å². The molecular weight excluding hydrogens is 444 g/mol. The number of carboxylic acids is 1. The standard InChI is InChI=1S/C28H34N2O5/c1-16-8-10-19(11-9-16)23-20-14-17(2)29-12-13-30(21(31)15-34-7)24(25(20)29)18(3)22(23)26(27(32)33)35-28(4,5)6/h8-11,14,26H,12-13,15H2,1-7H3,(H,32,33)/t26-/m0/s1. The highest BCUT2D eigenvalue weighted by molar-refractivity contribution is 6.12. The number of methoxy groups -OCH3 is 1. The molecule has 0 saturated carbocycles. The Morgan fingerprint density at radius 3 is 2.31 bits per heavy atom. The van der Waals surface area contributed by atoms with Gasteiger partial charge in [-0.15, -0.1) is 0 Å². The van der Waals surface area contributed by atoms with E-state index in [-0.39, 0.29) is 12.5 Å². The van der Waals surface area contributed by atoms with Crippen molar-refractivity contribution in [3.05, 3.63) is 52.7 Å². The molecule has 1 amide bonds. The van der Waals surface area contributed by atoms with Gasteiger partial charge in [0, 0.05) is 36.8 Å². The second-order valence-corrected chi connectivity index (χ2v) is 10.3. The van der Waals surface area contributed by atoms with Crippen molar-refractivity contribution in [3.63, 3.8) is 0 Å². The second-order valence-electron chi connectivity index (χ2n) is 10.3. The number of carboxylic acid groups (broad SMARTS) is 1. The van der Waals surface area contributed by atoms with Gasteiger partial charge in [-0.25, -0.2) is 4.79 Å². The summed E-state index contributed by atoms with van der Waals surface area (Å²) in [6.45, 7) is 12.6. The number of nitrogens with zero attached hydrogens (tertiary/aromatic N) is 2. The molecule has 1 atom stereocenters. The first-order valence-corrected chi connectivity index (χ1v) is 11.9. The Morgan fingerprint density at radius 2 is 1.74 bits per heavy atom. The van der Waals surface area contributed by atoms with Crippen LogP contribution in [-0.2, 0) is 25.6 Å². The summed E-state index contributed by atoms with van der Waals surface area (Å²) >= 11 is 0. The van der Waals surface area contributed by atoms with Gasteiger partial charge in [0.05, 0.1) is 16.8 Å². The Morgan fingerprint density at radius 1 is 1.09 bits per heavy atom. The fourth-order valence-corrected chi connectivity index (χ4v) is 5.09. The number of aromatic nitrogens is 1. The molecule has 0 aliphatic carbocycles. The molecule has 7 nitrogen and oxygen atoms in total. The van der Waals surface area contributed by atoms with Gasteiger partial charge in [0.15, 0.2) is 6.10 Å². The van der Waals surface area contributed by atoms with E-state index in [2.05, 4.69) is 10.6 Å². The van der Waals surface area contributed by atoms with Crippen LogP contribution < -0.4 is 4.90 Å². The van der Waals surface area contributed by atoms with Crippen molar-refractivity contribution < 1.29 is 24.2 Å². The predicted octanol–water partition coefficient (Wildman–Crippen LogP) is 5.17. The van der Waals surface area contributed by atoms with Gasteiger partial charge >= 0.3 is 5.97 Å². The molecule has 0 spiro atoms. The first-order chi connectivity index (χ1) is 16.4. The minimum absolute atomic E-state index is 0.0451. The zero-order valence-corrected chi connectivity index (χ0v) is 21.6. The molecule has 1 N–H and O–H groups in total. The Balaban J connectivity index is 2.15. The average Bonchev–Trinajstić information content (AvgIpc) is 3.11. The molecule has 2 aromatic carbocycles. The molecule has 2 heterocycles.